The maximum atomic E-state index is 11.6. The summed E-state index contributed by atoms with van der Waals surface area (Å²) in [6.45, 7) is 10.8. The predicted molar refractivity (Wildman–Crippen MR) is 92.0 cm³/mol. The molecule has 24 heavy (non-hydrogen) atoms. The molecule has 142 valence electrons. The predicted octanol–water partition coefficient (Wildman–Crippen LogP) is 2.75. The number of hydrogen-bond acceptors (Lipinski definition) is 5. The van der Waals surface area contributed by atoms with E-state index in [1.165, 1.54) is 0 Å². The van der Waals surface area contributed by atoms with Crippen molar-refractivity contribution in [1.29, 1.82) is 0 Å². The normalized spacial score (nSPS) is 14.5. The van der Waals surface area contributed by atoms with E-state index in [1.54, 1.807) is 41.5 Å². The van der Waals surface area contributed by atoms with Gasteiger partial charge in [-0.25, -0.2) is 13.8 Å². The van der Waals surface area contributed by atoms with Crippen LogP contribution in [0.3, 0.4) is 0 Å². The highest BCUT2D eigenvalue weighted by atomic mass is 32.2. The van der Waals surface area contributed by atoms with Gasteiger partial charge in [0.1, 0.15) is 16.6 Å². The Bertz CT molecular complexity index is 442. The fraction of sp³-hybridized carbons (Fsp3) is 0.867. The van der Waals surface area contributed by atoms with Crippen molar-refractivity contribution in [2.24, 2.45) is 0 Å². The zero-order valence-electron chi connectivity index (χ0n) is 15.3. The second kappa shape index (κ2) is 9.83. The van der Waals surface area contributed by atoms with E-state index in [0.717, 1.165) is 0 Å². The zero-order chi connectivity index (χ0) is 19.0. The highest BCUT2D eigenvalue weighted by molar-refractivity contribution is 7.79. The average Bonchev–Trinajstić information content (AvgIpc) is 2.32. The monoisotopic (exact) mass is 366 g/mol. The quantitative estimate of drug-likeness (QED) is 0.471. The summed E-state index contributed by atoms with van der Waals surface area (Å²) in [5, 5.41) is 4.07. The fourth-order valence-corrected chi connectivity index (χ4v) is 2.19. The molecule has 0 aromatic rings. The summed E-state index contributed by atoms with van der Waals surface area (Å²) < 4.78 is 30.7. The topological polar surface area (TPSA) is 114 Å². The lowest BCUT2D eigenvalue weighted by atomic mass is 10.2. The molecule has 0 rings (SSSR count). The van der Waals surface area contributed by atoms with Crippen molar-refractivity contribution in [1.82, 2.24) is 10.6 Å². The molecule has 0 aromatic carbocycles. The minimum Gasteiger partial charge on any atom is -0.444 e. The Morgan fingerprint density at radius 3 is 1.96 bits per heavy atom. The van der Waals surface area contributed by atoms with Crippen molar-refractivity contribution < 1.29 is 27.8 Å². The summed E-state index contributed by atoms with van der Waals surface area (Å²) in [5.74, 6) is 0. The first-order valence-corrected chi connectivity index (χ1v) is 9.03. The second-order valence-corrected chi connectivity index (χ2v) is 8.46. The Kier molecular flexibility index (Phi) is 9.27. The van der Waals surface area contributed by atoms with Crippen LogP contribution in [0.2, 0.25) is 0 Å². The number of unbranched alkanes of at least 4 members (excludes halogenated alkanes) is 1. The molecule has 8 nitrogen and oxygen atoms in total. The lowest BCUT2D eigenvalue weighted by Gasteiger charge is -2.22. The molecule has 0 fully saturated rings. The van der Waals surface area contributed by atoms with Gasteiger partial charge in [-0.15, -0.1) is 0 Å². The molecular formula is C15H30N2O6S. The summed E-state index contributed by atoms with van der Waals surface area (Å²) in [6, 6.07) is 0. The van der Waals surface area contributed by atoms with Crippen LogP contribution in [0.25, 0.3) is 0 Å². The van der Waals surface area contributed by atoms with Gasteiger partial charge < -0.3 is 24.7 Å². The number of carbonyl (C=O) groups is 2. The van der Waals surface area contributed by atoms with Crippen LogP contribution in [-0.4, -0.2) is 44.1 Å². The molecule has 2 atom stereocenters. The molecule has 0 aromatic heterocycles. The molecule has 0 saturated heterocycles. The van der Waals surface area contributed by atoms with E-state index in [0.29, 0.717) is 25.8 Å². The first-order valence-electron chi connectivity index (χ1n) is 7.86. The molecule has 0 bridgehead atoms. The molecule has 0 aliphatic heterocycles. The molecule has 0 aliphatic carbocycles. The van der Waals surface area contributed by atoms with Gasteiger partial charge >= 0.3 is 12.2 Å². The largest absolute Gasteiger partial charge is 0.444 e. The van der Waals surface area contributed by atoms with Crippen molar-refractivity contribution in [2.45, 2.75) is 77.4 Å². The summed E-state index contributed by atoms with van der Waals surface area (Å²) >= 11 is -2.20. The molecule has 2 amide bonds. The highest BCUT2D eigenvalue weighted by Gasteiger charge is 2.22. The Labute approximate surface area is 146 Å². The summed E-state index contributed by atoms with van der Waals surface area (Å²) in [4.78, 5) is 23.1. The van der Waals surface area contributed by atoms with Crippen molar-refractivity contribution in [3.63, 3.8) is 0 Å². The maximum absolute atomic E-state index is 11.6. The smallest absolute Gasteiger partial charge is 0.408 e. The minimum atomic E-state index is -2.20. The number of carbonyl (C=O) groups excluding carboxylic acids is 2. The van der Waals surface area contributed by atoms with Crippen molar-refractivity contribution in [2.75, 3.05) is 6.54 Å². The Hall–Kier alpha value is -1.35. The van der Waals surface area contributed by atoms with Gasteiger partial charge in [0.15, 0.2) is 11.1 Å². The molecule has 1 unspecified atom stereocenters. The van der Waals surface area contributed by atoms with Crippen LogP contribution in [0.1, 0.15) is 60.8 Å². The molecule has 0 aliphatic rings. The number of alkyl carbamates (subject to hydrolysis) is 2. The van der Waals surface area contributed by atoms with E-state index in [9.17, 15) is 18.4 Å². The van der Waals surface area contributed by atoms with E-state index < -0.39 is 39.8 Å². The third kappa shape index (κ3) is 13.1. The van der Waals surface area contributed by atoms with Gasteiger partial charge in [0, 0.05) is 6.54 Å². The molecular weight excluding hydrogens is 336 g/mol. The molecule has 9 heteroatoms. The van der Waals surface area contributed by atoms with Crippen LogP contribution in [0, 0.1) is 0 Å². The number of rotatable bonds is 7. The molecule has 3 N–H and O–H groups in total. The third-order valence-electron chi connectivity index (χ3n) is 2.48. The summed E-state index contributed by atoms with van der Waals surface area (Å²) in [6.07, 6.45) is 0.183. The van der Waals surface area contributed by atoms with Crippen molar-refractivity contribution in [3.05, 3.63) is 0 Å². The zero-order valence-corrected chi connectivity index (χ0v) is 16.1. The van der Waals surface area contributed by atoms with E-state index in [4.69, 9.17) is 9.47 Å². The van der Waals surface area contributed by atoms with Crippen LogP contribution in [-0.2, 0) is 20.6 Å². The van der Waals surface area contributed by atoms with Gasteiger partial charge in [-0.05, 0) is 60.8 Å². The number of hydrogen-bond donors (Lipinski definition) is 3. The van der Waals surface area contributed by atoms with Crippen LogP contribution in [0.15, 0.2) is 0 Å². The standard InChI is InChI=1S/C15H30N2O6S/c1-14(2,3)22-12(18)16-10-8-7-9-11(24(20)21)17-13(19)23-15(4,5)6/h11H,7-10H2,1-6H3,(H,16,18)(H,17,19)(H,20,21)/t11-/m1/s1. The van der Waals surface area contributed by atoms with Gasteiger partial charge in [0.25, 0.3) is 0 Å². The lowest BCUT2D eigenvalue weighted by Crippen LogP contribution is -2.41. The SMILES string of the molecule is CC(C)(C)OC(=O)NCCCC[C@H](NC(=O)OC(C)(C)C)S(=O)O. The summed E-state index contributed by atoms with van der Waals surface area (Å²) in [5.41, 5.74) is -1.23. The van der Waals surface area contributed by atoms with Gasteiger partial charge in [-0.3, -0.25) is 0 Å². The van der Waals surface area contributed by atoms with Crippen LogP contribution < -0.4 is 10.6 Å². The number of amides is 2. The first-order chi connectivity index (χ1) is 10.8. The second-order valence-electron chi connectivity index (χ2n) is 7.34. The summed E-state index contributed by atoms with van der Waals surface area (Å²) in [7, 11) is 0. The molecule has 0 heterocycles. The van der Waals surface area contributed by atoms with E-state index in [-0.39, 0.29) is 0 Å². The lowest BCUT2D eigenvalue weighted by molar-refractivity contribution is 0.0514. The van der Waals surface area contributed by atoms with Gasteiger partial charge in [0.05, 0.1) is 0 Å². The minimum absolute atomic E-state index is 0.290. The van der Waals surface area contributed by atoms with E-state index in [1.807, 2.05) is 0 Å². The van der Waals surface area contributed by atoms with Gasteiger partial charge in [0.2, 0.25) is 0 Å². The molecule has 0 spiro atoms. The Morgan fingerprint density at radius 2 is 1.50 bits per heavy atom. The van der Waals surface area contributed by atoms with Gasteiger partial charge in [-0.2, -0.15) is 0 Å². The van der Waals surface area contributed by atoms with Crippen LogP contribution in [0.4, 0.5) is 9.59 Å². The third-order valence-corrected chi connectivity index (χ3v) is 3.32. The highest BCUT2D eigenvalue weighted by Crippen LogP contribution is 2.10. The number of ether oxygens (including phenoxy) is 2. The fourth-order valence-electron chi connectivity index (χ4n) is 1.62. The average molecular weight is 366 g/mol. The maximum Gasteiger partial charge on any atom is 0.408 e. The van der Waals surface area contributed by atoms with E-state index >= 15 is 0 Å². The first kappa shape index (κ1) is 22.6. The van der Waals surface area contributed by atoms with Crippen molar-refractivity contribution in [3.8, 4) is 0 Å². The molecule has 0 saturated carbocycles. The van der Waals surface area contributed by atoms with E-state index in [2.05, 4.69) is 10.6 Å². The Morgan fingerprint density at radius 1 is 1.00 bits per heavy atom. The van der Waals surface area contributed by atoms with Crippen molar-refractivity contribution >= 4 is 23.3 Å². The van der Waals surface area contributed by atoms with Crippen LogP contribution >= 0.6 is 0 Å². The molecule has 0 radical (unpaired) electrons. The number of nitrogens with one attached hydrogen (secondary N) is 2. The van der Waals surface area contributed by atoms with Gasteiger partial charge in [-0.1, -0.05) is 0 Å². The Balaban J connectivity index is 4.09. The van der Waals surface area contributed by atoms with Crippen LogP contribution in [0.5, 0.6) is 0 Å².